The molecule has 1 aromatic heterocycles. The molecular weight excluding hydrogens is 258 g/mol. The molecule has 0 unspecified atom stereocenters. The monoisotopic (exact) mass is 275 g/mol. The smallest absolute Gasteiger partial charge is 0.360 e. The van der Waals surface area contributed by atoms with Crippen molar-refractivity contribution in [2.24, 2.45) is 0 Å². The minimum absolute atomic E-state index is 0.252. The Labute approximate surface area is 117 Å². The van der Waals surface area contributed by atoms with E-state index in [0.29, 0.717) is 18.8 Å². The van der Waals surface area contributed by atoms with Crippen molar-refractivity contribution >= 4 is 5.97 Å². The first-order valence-corrected chi connectivity index (χ1v) is 6.36. The summed E-state index contributed by atoms with van der Waals surface area (Å²) in [6.07, 6.45) is 0. The number of nitrogens with zero attached hydrogens (tertiary/aromatic N) is 3. The van der Waals surface area contributed by atoms with Crippen molar-refractivity contribution in [2.75, 3.05) is 13.7 Å². The summed E-state index contributed by atoms with van der Waals surface area (Å²) < 4.78 is 11.9. The molecule has 1 aromatic carbocycles. The van der Waals surface area contributed by atoms with Crippen molar-refractivity contribution < 1.29 is 14.3 Å². The average molecular weight is 275 g/mol. The predicted octanol–water partition coefficient (Wildman–Crippen LogP) is 1.82. The van der Waals surface area contributed by atoms with Crippen LogP contribution in [0.1, 0.15) is 28.7 Å². The Morgan fingerprint density at radius 3 is 2.80 bits per heavy atom. The highest BCUT2D eigenvalue weighted by Crippen LogP contribution is 2.19. The van der Waals surface area contributed by atoms with Crippen LogP contribution in [0.2, 0.25) is 0 Å². The maximum atomic E-state index is 11.7. The van der Waals surface area contributed by atoms with E-state index >= 15 is 0 Å². The van der Waals surface area contributed by atoms with Gasteiger partial charge in [0.15, 0.2) is 5.69 Å². The topological polar surface area (TPSA) is 66.2 Å². The summed E-state index contributed by atoms with van der Waals surface area (Å²) in [5.41, 5.74) is 1.90. The third kappa shape index (κ3) is 2.79. The fourth-order valence-corrected chi connectivity index (χ4v) is 1.89. The lowest BCUT2D eigenvalue weighted by atomic mass is 10.2. The van der Waals surface area contributed by atoms with Gasteiger partial charge in [-0.3, -0.25) is 0 Å². The Hall–Kier alpha value is -2.37. The van der Waals surface area contributed by atoms with Crippen molar-refractivity contribution in [3.63, 3.8) is 0 Å². The molecule has 0 saturated carbocycles. The molecular formula is C14H17N3O3. The second-order valence-electron chi connectivity index (χ2n) is 4.21. The van der Waals surface area contributed by atoms with Crippen LogP contribution in [0.15, 0.2) is 24.3 Å². The highest BCUT2D eigenvalue weighted by molar-refractivity contribution is 5.88. The molecule has 0 aliphatic heterocycles. The number of methoxy groups -OCH3 is 1. The predicted molar refractivity (Wildman–Crippen MR) is 72.8 cm³/mol. The van der Waals surface area contributed by atoms with Gasteiger partial charge in [0.2, 0.25) is 0 Å². The zero-order valence-corrected chi connectivity index (χ0v) is 11.8. The summed E-state index contributed by atoms with van der Waals surface area (Å²) in [4.78, 5) is 11.7. The van der Waals surface area contributed by atoms with Crippen LogP contribution in [-0.4, -0.2) is 34.7 Å². The zero-order valence-electron chi connectivity index (χ0n) is 11.8. The highest BCUT2D eigenvalue weighted by atomic mass is 16.5. The number of rotatable bonds is 5. The van der Waals surface area contributed by atoms with Crippen LogP contribution in [0.4, 0.5) is 0 Å². The van der Waals surface area contributed by atoms with Crippen LogP contribution in [0.25, 0.3) is 0 Å². The van der Waals surface area contributed by atoms with Gasteiger partial charge in [0.05, 0.1) is 26.0 Å². The number of carbonyl (C=O) groups excluding carboxylic acids is 1. The maximum Gasteiger partial charge on any atom is 0.360 e. The van der Waals surface area contributed by atoms with Crippen LogP contribution in [0.3, 0.4) is 0 Å². The quantitative estimate of drug-likeness (QED) is 0.779. The Morgan fingerprint density at radius 2 is 2.10 bits per heavy atom. The van der Waals surface area contributed by atoms with E-state index in [2.05, 4.69) is 10.3 Å². The number of carbonyl (C=O) groups is 1. The lowest BCUT2D eigenvalue weighted by Gasteiger charge is -2.08. The third-order valence-corrected chi connectivity index (χ3v) is 2.96. The largest absolute Gasteiger partial charge is 0.496 e. The van der Waals surface area contributed by atoms with Crippen LogP contribution >= 0.6 is 0 Å². The van der Waals surface area contributed by atoms with E-state index in [1.165, 1.54) is 0 Å². The first kappa shape index (κ1) is 14.0. The van der Waals surface area contributed by atoms with Crippen molar-refractivity contribution in [3.05, 3.63) is 41.2 Å². The van der Waals surface area contributed by atoms with E-state index in [9.17, 15) is 4.79 Å². The van der Waals surface area contributed by atoms with Gasteiger partial charge in [0, 0.05) is 5.56 Å². The summed E-state index contributed by atoms with van der Waals surface area (Å²) in [5, 5.41) is 7.88. The number of aromatic nitrogens is 3. The second-order valence-corrected chi connectivity index (χ2v) is 4.21. The molecule has 0 atom stereocenters. The van der Waals surface area contributed by atoms with Crippen LogP contribution < -0.4 is 4.74 Å². The number of esters is 1. The highest BCUT2D eigenvalue weighted by Gasteiger charge is 2.18. The first-order chi connectivity index (χ1) is 9.67. The van der Waals surface area contributed by atoms with Gasteiger partial charge in [-0.1, -0.05) is 23.4 Å². The van der Waals surface area contributed by atoms with Gasteiger partial charge in [-0.05, 0) is 19.9 Å². The van der Waals surface area contributed by atoms with E-state index in [0.717, 1.165) is 11.3 Å². The number of hydrogen-bond donors (Lipinski definition) is 0. The molecule has 0 N–H and O–H groups in total. The number of ether oxygens (including phenoxy) is 2. The molecule has 0 bridgehead atoms. The second kappa shape index (κ2) is 6.18. The molecule has 0 radical (unpaired) electrons. The van der Waals surface area contributed by atoms with Crippen molar-refractivity contribution in [2.45, 2.75) is 20.4 Å². The van der Waals surface area contributed by atoms with Crippen molar-refractivity contribution in [1.29, 1.82) is 0 Å². The lowest BCUT2D eigenvalue weighted by Crippen LogP contribution is -2.09. The molecule has 0 saturated heterocycles. The van der Waals surface area contributed by atoms with E-state index in [1.807, 2.05) is 24.3 Å². The summed E-state index contributed by atoms with van der Waals surface area (Å²) in [6.45, 7) is 4.36. The Bertz CT molecular complexity index is 607. The van der Waals surface area contributed by atoms with Crippen LogP contribution in [0.5, 0.6) is 5.75 Å². The standard InChI is InChI=1S/C14H17N3O3/c1-4-20-14(18)13-10(2)17(16-15-13)9-11-7-5-6-8-12(11)19-3/h5-8H,4,9H2,1-3H3. The number of benzene rings is 1. The van der Waals surface area contributed by atoms with Crippen LogP contribution in [-0.2, 0) is 11.3 Å². The Kier molecular flexibility index (Phi) is 4.34. The number of hydrogen-bond acceptors (Lipinski definition) is 5. The fraction of sp³-hybridized carbons (Fsp3) is 0.357. The average Bonchev–Trinajstić information content (AvgIpc) is 2.81. The number of para-hydroxylation sites is 1. The molecule has 1 heterocycles. The fourth-order valence-electron chi connectivity index (χ4n) is 1.89. The molecule has 106 valence electrons. The first-order valence-electron chi connectivity index (χ1n) is 6.36. The molecule has 0 aliphatic carbocycles. The molecule has 0 fully saturated rings. The van der Waals surface area contributed by atoms with Gasteiger partial charge in [-0.25, -0.2) is 9.48 Å². The molecule has 20 heavy (non-hydrogen) atoms. The molecule has 6 nitrogen and oxygen atoms in total. The summed E-state index contributed by atoms with van der Waals surface area (Å²) in [5.74, 6) is 0.330. The summed E-state index contributed by atoms with van der Waals surface area (Å²) in [6, 6.07) is 7.66. The Morgan fingerprint density at radius 1 is 1.35 bits per heavy atom. The molecule has 6 heteroatoms. The molecule has 0 spiro atoms. The Balaban J connectivity index is 2.24. The zero-order chi connectivity index (χ0) is 14.5. The SMILES string of the molecule is CCOC(=O)c1nnn(Cc2ccccc2OC)c1C. The van der Waals surface area contributed by atoms with Crippen molar-refractivity contribution in [3.8, 4) is 5.75 Å². The van der Waals surface area contributed by atoms with Gasteiger partial charge >= 0.3 is 5.97 Å². The minimum atomic E-state index is -0.448. The van der Waals surface area contributed by atoms with E-state index in [-0.39, 0.29) is 5.69 Å². The third-order valence-electron chi connectivity index (χ3n) is 2.96. The van der Waals surface area contributed by atoms with E-state index < -0.39 is 5.97 Å². The van der Waals surface area contributed by atoms with Crippen molar-refractivity contribution in [1.82, 2.24) is 15.0 Å². The molecule has 0 aliphatic rings. The minimum Gasteiger partial charge on any atom is -0.496 e. The van der Waals surface area contributed by atoms with E-state index in [4.69, 9.17) is 9.47 Å². The van der Waals surface area contributed by atoms with Gasteiger partial charge in [-0.15, -0.1) is 5.10 Å². The molecule has 2 rings (SSSR count). The van der Waals surface area contributed by atoms with Gasteiger partial charge in [-0.2, -0.15) is 0 Å². The van der Waals surface area contributed by atoms with Gasteiger partial charge in [0.25, 0.3) is 0 Å². The summed E-state index contributed by atoms with van der Waals surface area (Å²) >= 11 is 0. The van der Waals surface area contributed by atoms with Crippen LogP contribution in [0, 0.1) is 6.92 Å². The summed E-state index contributed by atoms with van der Waals surface area (Å²) in [7, 11) is 1.62. The normalized spacial score (nSPS) is 10.3. The van der Waals surface area contributed by atoms with E-state index in [1.54, 1.807) is 25.6 Å². The molecule has 2 aromatic rings. The lowest BCUT2D eigenvalue weighted by molar-refractivity contribution is 0.0518. The molecule has 0 amide bonds. The van der Waals surface area contributed by atoms with Gasteiger partial charge < -0.3 is 9.47 Å². The maximum absolute atomic E-state index is 11.7. The van der Waals surface area contributed by atoms with Gasteiger partial charge in [0.1, 0.15) is 5.75 Å².